The molecule has 1 aromatic heterocycles. The van der Waals surface area contributed by atoms with Crippen LogP contribution in [0.5, 0.6) is 0 Å². The number of rotatable bonds is 3. The minimum atomic E-state index is 0.174. The summed E-state index contributed by atoms with van der Waals surface area (Å²) < 4.78 is 8.75. The molecule has 0 saturated heterocycles. The first kappa shape index (κ1) is 10.2. The molecular formula is C7H10Br2N2O. The van der Waals surface area contributed by atoms with E-state index in [1.54, 1.807) is 7.11 Å². The van der Waals surface area contributed by atoms with Gasteiger partial charge in [-0.3, -0.25) is 4.68 Å². The van der Waals surface area contributed by atoms with Crippen LogP contribution in [0.25, 0.3) is 0 Å². The van der Waals surface area contributed by atoms with Crippen molar-refractivity contribution in [2.45, 2.75) is 19.6 Å². The van der Waals surface area contributed by atoms with Gasteiger partial charge in [-0.25, -0.2) is 0 Å². The van der Waals surface area contributed by atoms with Crippen LogP contribution < -0.4 is 0 Å². The zero-order chi connectivity index (χ0) is 9.14. The maximum Gasteiger partial charge on any atom is 0.129 e. The minimum absolute atomic E-state index is 0.174. The fourth-order valence-electron chi connectivity index (χ4n) is 0.811. The van der Waals surface area contributed by atoms with E-state index >= 15 is 0 Å². The van der Waals surface area contributed by atoms with Gasteiger partial charge in [0.2, 0.25) is 0 Å². The van der Waals surface area contributed by atoms with Crippen molar-refractivity contribution in [1.82, 2.24) is 9.78 Å². The van der Waals surface area contributed by atoms with Crippen LogP contribution in [-0.4, -0.2) is 23.0 Å². The van der Waals surface area contributed by atoms with E-state index < -0.39 is 0 Å². The monoisotopic (exact) mass is 296 g/mol. The fraction of sp³-hybridized carbons (Fsp3) is 0.571. The lowest BCUT2D eigenvalue weighted by Crippen LogP contribution is -2.15. The summed E-state index contributed by atoms with van der Waals surface area (Å²) in [4.78, 5) is 0. The molecule has 0 aliphatic heterocycles. The van der Waals surface area contributed by atoms with Gasteiger partial charge in [0.25, 0.3) is 0 Å². The molecule has 1 heterocycles. The zero-order valence-corrected chi connectivity index (χ0v) is 10.1. The van der Waals surface area contributed by atoms with Gasteiger partial charge < -0.3 is 4.74 Å². The lowest BCUT2D eigenvalue weighted by molar-refractivity contribution is 0.0991. The van der Waals surface area contributed by atoms with E-state index in [0.29, 0.717) is 0 Å². The Morgan fingerprint density at radius 2 is 2.33 bits per heavy atom. The summed E-state index contributed by atoms with van der Waals surface area (Å²) in [6.07, 6.45) is 0.174. The average Bonchev–Trinajstić information content (AvgIpc) is 2.30. The summed E-state index contributed by atoms with van der Waals surface area (Å²) in [5.74, 6) is 0. The molecule has 68 valence electrons. The maximum atomic E-state index is 5.12. The van der Waals surface area contributed by atoms with Crippen LogP contribution in [0.15, 0.2) is 15.3 Å². The van der Waals surface area contributed by atoms with Crippen molar-refractivity contribution in [2.24, 2.45) is 0 Å². The van der Waals surface area contributed by atoms with Gasteiger partial charge in [0, 0.05) is 13.2 Å². The Balaban J connectivity index is 2.68. The number of halogens is 2. The highest BCUT2D eigenvalue weighted by molar-refractivity contribution is 9.11. The molecule has 0 aromatic carbocycles. The first-order valence-electron chi connectivity index (χ1n) is 3.55. The Kier molecular flexibility index (Phi) is 3.74. The van der Waals surface area contributed by atoms with Crippen molar-refractivity contribution in [3.8, 4) is 0 Å². The zero-order valence-electron chi connectivity index (χ0n) is 6.92. The molecule has 3 nitrogen and oxygen atoms in total. The third-order valence-corrected chi connectivity index (χ3v) is 2.56. The van der Waals surface area contributed by atoms with Crippen molar-refractivity contribution >= 4 is 31.9 Å². The number of ether oxygens (including phenoxy) is 1. The van der Waals surface area contributed by atoms with Gasteiger partial charge in [-0.1, -0.05) is 0 Å². The lowest BCUT2D eigenvalue weighted by atomic mass is 10.4. The molecule has 0 aliphatic rings. The maximum absolute atomic E-state index is 5.12. The molecule has 0 bridgehead atoms. The minimum Gasteiger partial charge on any atom is -0.380 e. The molecule has 0 N–H and O–H groups in total. The van der Waals surface area contributed by atoms with Crippen molar-refractivity contribution in [3.63, 3.8) is 0 Å². The molecule has 12 heavy (non-hydrogen) atoms. The van der Waals surface area contributed by atoms with E-state index in [4.69, 9.17) is 4.74 Å². The number of methoxy groups -OCH3 is 1. The summed E-state index contributed by atoms with van der Waals surface area (Å²) in [6, 6.07) is 1.91. The quantitative estimate of drug-likeness (QED) is 0.857. The Bertz CT molecular complexity index is 262. The van der Waals surface area contributed by atoms with E-state index in [2.05, 4.69) is 37.0 Å². The first-order chi connectivity index (χ1) is 5.63. The number of aromatic nitrogens is 2. The largest absolute Gasteiger partial charge is 0.380 e. The molecule has 1 unspecified atom stereocenters. The normalized spacial score (nSPS) is 13.3. The molecule has 0 aliphatic carbocycles. The predicted molar refractivity (Wildman–Crippen MR) is 54.1 cm³/mol. The van der Waals surface area contributed by atoms with Crippen molar-refractivity contribution in [2.75, 3.05) is 7.11 Å². The second-order valence-corrected chi connectivity index (χ2v) is 4.14. The third-order valence-electron chi connectivity index (χ3n) is 1.53. The van der Waals surface area contributed by atoms with Crippen LogP contribution in [0.2, 0.25) is 0 Å². The third kappa shape index (κ3) is 2.57. The molecule has 1 aromatic rings. The highest BCUT2D eigenvalue weighted by Crippen LogP contribution is 2.16. The molecule has 1 atom stereocenters. The second kappa shape index (κ2) is 4.39. The second-order valence-electron chi connectivity index (χ2n) is 2.52. The Hall–Kier alpha value is 0.130. The van der Waals surface area contributed by atoms with Gasteiger partial charge in [0.05, 0.1) is 12.6 Å². The van der Waals surface area contributed by atoms with Gasteiger partial charge in [0.1, 0.15) is 9.21 Å². The summed E-state index contributed by atoms with van der Waals surface area (Å²) in [5.41, 5.74) is 0. The molecule has 0 saturated carbocycles. The van der Waals surface area contributed by atoms with Gasteiger partial charge in [-0.05, 0) is 38.8 Å². The molecule has 0 radical (unpaired) electrons. The van der Waals surface area contributed by atoms with Gasteiger partial charge in [-0.15, -0.1) is 0 Å². The Morgan fingerprint density at radius 3 is 2.75 bits per heavy atom. The van der Waals surface area contributed by atoms with Gasteiger partial charge in [-0.2, -0.15) is 5.10 Å². The molecule has 0 fully saturated rings. The fourth-order valence-corrected chi connectivity index (χ4v) is 1.97. The Morgan fingerprint density at radius 1 is 1.67 bits per heavy atom. The van der Waals surface area contributed by atoms with Gasteiger partial charge >= 0.3 is 0 Å². The van der Waals surface area contributed by atoms with Crippen molar-refractivity contribution < 1.29 is 4.74 Å². The molecule has 0 amide bonds. The van der Waals surface area contributed by atoms with Crippen LogP contribution in [0.1, 0.15) is 6.92 Å². The number of hydrogen-bond acceptors (Lipinski definition) is 2. The van der Waals surface area contributed by atoms with Crippen molar-refractivity contribution in [3.05, 3.63) is 15.3 Å². The Labute approximate surface area is 88.3 Å². The molecule has 1 rings (SSSR count). The molecule has 5 heteroatoms. The molecule has 0 spiro atoms. The molecular weight excluding hydrogens is 288 g/mol. The van der Waals surface area contributed by atoms with E-state index in [1.165, 1.54) is 0 Å². The number of hydrogen-bond donors (Lipinski definition) is 0. The topological polar surface area (TPSA) is 27.1 Å². The average molecular weight is 298 g/mol. The summed E-state index contributed by atoms with van der Waals surface area (Å²) in [6.45, 7) is 2.75. The van der Waals surface area contributed by atoms with E-state index in [-0.39, 0.29) is 6.10 Å². The van der Waals surface area contributed by atoms with Crippen LogP contribution in [0.4, 0.5) is 0 Å². The van der Waals surface area contributed by atoms with Crippen LogP contribution >= 0.6 is 31.9 Å². The predicted octanol–water partition coefficient (Wildman–Crippen LogP) is 2.44. The lowest BCUT2D eigenvalue weighted by Gasteiger charge is -2.09. The van der Waals surface area contributed by atoms with E-state index in [0.717, 1.165) is 15.8 Å². The van der Waals surface area contributed by atoms with Crippen LogP contribution in [0.3, 0.4) is 0 Å². The summed E-state index contributed by atoms with van der Waals surface area (Å²) in [7, 11) is 1.69. The van der Waals surface area contributed by atoms with Gasteiger partial charge in [0.15, 0.2) is 0 Å². The SMILES string of the molecule is COC(C)Cn1nc(Br)cc1Br. The van der Waals surface area contributed by atoms with Crippen LogP contribution in [0, 0.1) is 0 Å². The summed E-state index contributed by atoms with van der Waals surface area (Å²) >= 11 is 6.68. The first-order valence-corrected chi connectivity index (χ1v) is 5.13. The van der Waals surface area contributed by atoms with E-state index in [9.17, 15) is 0 Å². The summed E-state index contributed by atoms with van der Waals surface area (Å²) in [5, 5.41) is 4.20. The highest BCUT2D eigenvalue weighted by Gasteiger charge is 2.06. The standard InChI is InChI=1S/C7H10Br2N2O/c1-5(12-2)4-11-7(9)3-6(8)10-11/h3,5H,4H2,1-2H3. The van der Waals surface area contributed by atoms with E-state index in [1.807, 2.05) is 17.7 Å². The highest BCUT2D eigenvalue weighted by atomic mass is 79.9. The smallest absolute Gasteiger partial charge is 0.129 e. The van der Waals surface area contributed by atoms with Crippen molar-refractivity contribution in [1.29, 1.82) is 0 Å². The van der Waals surface area contributed by atoms with Crippen LogP contribution in [-0.2, 0) is 11.3 Å². The number of nitrogens with zero attached hydrogens (tertiary/aromatic N) is 2.